The Bertz CT molecular complexity index is 1240. The van der Waals surface area contributed by atoms with Gasteiger partial charge < -0.3 is 10.6 Å². The van der Waals surface area contributed by atoms with Crippen LogP contribution in [0.25, 0.3) is 5.82 Å². The van der Waals surface area contributed by atoms with E-state index >= 15 is 0 Å². The predicted octanol–water partition coefficient (Wildman–Crippen LogP) is 3.22. The van der Waals surface area contributed by atoms with Crippen molar-refractivity contribution in [3.05, 3.63) is 72.2 Å². The van der Waals surface area contributed by atoms with Crippen LogP contribution in [-0.2, 0) is 0 Å². The van der Waals surface area contributed by atoms with Gasteiger partial charge in [-0.15, -0.1) is 0 Å². The summed E-state index contributed by atoms with van der Waals surface area (Å²) < 4.78 is 1.78. The molecule has 34 heavy (non-hydrogen) atoms. The van der Waals surface area contributed by atoms with Gasteiger partial charge in [0.1, 0.15) is 23.5 Å². The van der Waals surface area contributed by atoms with E-state index < -0.39 is 0 Å². The van der Waals surface area contributed by atoms with Crippen LogP contribution in [-0.4, -0.2) is 42.4 Å². The Hall–Kier alpha value is -3.55. The lowest BCUT2D eigenvalue weighted by Crippen LogP contribution is -2.70. The minimum absolute atomic E-state index is 0.123. The highest BCUT2D eigenvalue weighted by molar-refractivity contribution is 5.94. The van der Waals surface area contributed by atoms with Crippen LogP contribution in [0.5, 0.6) is 0 Å². The number of nitrogens with one attached hydrogen (secondary N) is 2. The zero-order valence-electron chi connectivity index (χ0n) is 19.2. The van der Waals surface area contributed by atoms with Gasteiger partial charge in [-0.25, -0.2) is 15.0 Å². The molecule has 3 aromatic rings. The smallest absolute Gasteiger partial charge is 0.270 e. The van der Waals surface area contributed by atoms with Crippen molar-refractivity contribution in [1.82, 2.24) is 30.2 Å². The van der Waals surface area contributed by atoms with Crippen molar-refractivity contribution < 1.29 is 9.59 Å². The van der Waals surface area contributed by atoms with E-state index in [1.54, 1.807) is 35.4 Å². The van der Waals surface area contributed by atoms with Gasteiger partial charge in [0.15, 0.2) is 0 Å². The number of imidazole rings is 1. The summed E-state index contributed by atoms with van der Waals surface area (Å²) in [6, 6.07) is 11.0. The molecule has 8 heteroatoms. The molecule has 4 fully saturated rings. The second kappa shape index (κ2) is 7.75. The quantitative estimate of drug-likeness (QED) is 0.614. The number of pyridine rings is 2. The average molecular weight is 457 g/mol. The molecule has 2 atom stereocenters. The predicted molar refractivity (Wildman–Crippen MR) is 125 cm³/mol. The summed E-state index contributed by atoms with van der Waals surface area (Å²) in [4.78, 5) is 39.5. The van der Waals surface area contributed by atoms with Crippen molar-refractivity contribution in [3.8, 4) is 5.82 Å². The van der Waals surface area contributed by atoms with Gasteiger partial charge in [-0.3, -0.25) is 14.2 Å². The van der Waals surface area contributed by atoms with E-state index in [9.17, 15) is 9.59 Å². The van der Waals surface area contributed by atoms with Gasteiger partial charge in [-0.05, 0) is 81.5 Å². The fourth-order valence-electron chi connectivity index (χ4n) is 6.92. The zero-order valence-corrected chi connectivity index (χ0v) is 19.2. The Morgan fingerprint density at radius 1 is 0.912 bits per heavy atom. The first kappa shape index (κ1) is 21.0. The largest absolute Gasteiger partial charge is 0.345 e. The highest BCUT2D eigenvalue weighted by Gasteiger charge is 2.58. The van der Waals surface area contributed by atoms with Gasteiger partial charge >= 0.3 is 0 Å². The summed E-state index contributed by atoms with van der Waals surface area (Å²) in [5.74, 6) is 1.37. The van der Waals surface area contributed by atoms with Crippen LogP contribution in [0.4, 0.5) is 0 Å². The van der Waals surface area contributed by atoms with E-state index in [-0.39, 0.29) is 22.9 Å². The summed E-state index contributed by atoms with van der Waals surface area (Å²) in [5.41, 5.74) is 1.05. The fraction of sp³-hybridized carbons (Fsp3) is 0.423. The molecule has 4 aliphatic carbocycles. The third kappa shape index (κ3) is 3.77. The lowest BCUT2D eigenvalue weighted by molar-refractivity contribution is -0.0449. The van der Waals surface area contributed by atoms with Crippen LogP contribution in [0.15, 0.2) is 55.1 Å². The second-order valence-corrected chi connectivity index (χ2v) is 10.4. The van der Waals surface area contributed by atoms with Gasteiger partial charge in [-0.1, -0.05) is 12.1 Å². The van der Waals surface area contributed by atoms with Crippen LogP contribution in [0.2, 0.25) is 0 Å². The molecule has 8 nitrogen and oxygen atoms in total. The Balaban J connectivity index is 1.23. The maximum atomic E-state index is 13.3. The molecule has 7 rings (SSSR count). The molecule has 3 aromatic heterocycles. The lowest BCUT2D eigenvalue weighted by Gasteiger charge is -2.62. The number of nitrogens with zero attached hydrogens (tertiary/aromatic N) is 4. The Morgan fingerprint density at radius 2 is 1.53 bits per heavy atom. The maximum Gasteiger partial charge on any atom is 0.270 e. The summed E-state index contributed by atoms with van der Waals surface area (Å²) in [6.45, 7) is 1.89. The molecule has 2 amide bonds. The number of hydrogen-bond acceptors (Lipinski definition) is 5. The number of hydrogen-bond donors (Lipinski definition) is 2. The molecule has 4 bridgehead atoms. The number of amides is 2. The number of carbonyl (C=O) groups is 2. The van der Waals surface area contributed by atoms with Crippen molar-refractivity contribution in [2.75, 3.05) is 0 Å². The van der Waals surface area contributed by atoms with Gasteiger partial charge in [0.05, 0.1) is 0 Å². The Morgan fingerprint density at radius 3 is 2.12 bits per heavy atom. The van der Waals surface area contributed by atoms with Gasteiger partial charge in [-0.2, -0.15) is 0 Å². The number of aryl methyl sites for hydroxylation is 1. The van der Waals surface area contributed by atoms with Crippen molar-refractivity contribution in [1.29, 1.82) is 0 Å². The highest BCUT2D eigenvalue weighted by Crippen LogP contribution is 2.57. The van der Waals surface area contributed by atoms with E-state index in [1.165, 1.54) is 6.42 Å². The molecular weight excluding hydrogens is 428 g/mol. The van der Waals surface area contributed by atoms with Crippen LogP contribution >= 0.6 is 0 Å². The molecule has 0 aliphatic heterocycles. The van der Waals surface area contributed by atoms with E-state index in [0.717, 1.165) is 37.8 Å². The number of rotatable bonds is 5. The van der Waals surface area contributed by atoms with Crippen molar-refractivity contribution in [2.45, 2.75) is 56.5 Å². The summed E-state index contributed by atoms with van der Waals surface area (Å²) in [7, 11) is 0. The van der Waals surface area contributed by atoms with E-state index in [1.807, 2.05) is 31.2 Å². The van der Waals surface area contributed by atoms with E-state index in [0.29, 0.717) is 29.0 Å². The van der Waals surface area contributed by atoms with Gasteiger partial charge in [0.2, 0.25) is 0 Å². The van der Waals surface area contributed by atoms with E-state index in [2.05, 4.69) is 25.6 Å². The zero-order chi connectivity index (χ0) is 23.3. The molecule has 4 saturated carbocycles. The molecule has 2 N–H and O–H groups in total. The topological polar surface area (TPSA) is 102 Å². The monoisotopic (exact) mass is 456 g/mol. The molecule has 0 spiro atoms. The fourth-order valence-corrected chi connectivity index (χ4v) is 6.92. The Kier molecular flexibility index (Phi) is 4.79. The number of carbonyl (C=O) groups excluding carboxylic acids is 2. The van der Waals surface area contributed by atoms with Gasteiger partial charge in [0, 0.05) is 29.2 Å². The highest BCUT2D eigenvalue weighted by atomic mass is 16.2. The Labute approximate surface area is 198 Å². The van der Waals surface area contributed by atoms with Crippen LogP contribution in [0, 0.1) is 18.8 Å². The number of aromatic nitrogens is 4. The first-order valence-corrected chi connectivity index (χ1v) is 12.0. The molecule has 3 heterocycles. The van der Waals surface area contributed by atoms with Crippen LogP contribution < -0.4 is 10.6 Å². The average Bonchev–Trinajstić information content (AvgIpc) is 3.33. The lowest BCUT2D eigenvalue weighted by atomic mass is 9.49. The van der Waals surface area contributed by atoms with Gasteiger partial charge in [0.25, 0.3) is 11.8 Å². The minimum atomic E-state index is -0.318. The van der Waals surface area contributed by atoms with Crippen molar-refractivity contribution in [3.63, 3.8) is 0 Å². The summed E-state index contributed by atoms with van der Waals surface area (Å²) in [5, 5.41) is 6.72. The van der Waals surface area contributed by atoms with Crippen molar-refractivity contribution in [2.24, 2.45) is 11.8 Å². The molecule has 0 radical (unpaired) electrons. The second-order valence-electron chi connectivity index (χ2n) is 10.4. The summed E-state index contributed by atoms with van der Waals surface area (Å²) in [6.07, 6.45) is 10.9. The molecular formula is C26H28N6O2. The first-order chi connectivity index (χ1) is 16.4. The molecule has 2 unspecified atom stereocenters. The molecule has 0 aromatic carbocycles. The van der Waals surface area contributed by atoms with Crippen LogP contribution in [0.3, 0.4) is 0 Å². The summed E-state index contributed by atoms with van der Waals surface area (Å²) >= 11 is 0. The molecule has 0 saturated heterocycles. The standard InChI is InChI=1S/C26H28N6O2/c1-17-4-2-5-20(28-17)23(33)30-25-11-18-10-19(12-25)14-26(13-18,15-25)31-24(34)21-6-3-7-22(29-21)32-9-8-27-16-32/h2-9,16,18-19H,10-15H2,1H3,(H,30,33)(H,31,34). The first-order valence-electron chi connectivity index (χ1n) is 12.0. The minimum Gasteiger partial charge on any atom is -0.345 e. The normalized spacial score (nSPS) is 29.1. The van der Waals surface area contributed by atoms with E-state index in [4.69, 9.17) is 0 Å². The van der Waals surface area contributed by atoms with Crippen LogP contribution in [0.1, 0.15) is 65.2 Å². The third-order valence-electron chi connectivity index (χ3n) is 7.68. The maximum absolute atomic E-state index is 13.3. The SMILES string of the molecule is Cc1cccc(C(=O)NC23CC4CC(C2)CC(NC(=O)c2cccc(-n5ccnc5)n2)(C4)C3)n1. The molecule has 174 valence electrons. The van der Waals surface area contributed by atoms with Crippen molar-refractivity contribution >= 4 is 11.8 Å². The molecule has 4 aliphatic rings. The third-order valence-corrected chi connectivity index (χ3v) is 7.68.